The molecule has 0 unspecified atom stereocenters. The Morgan fingerprint density at radius 3 is 2.85 bits per heavy atom. The SMILES string of the molecule is CCCNC(=O)[C@@H]1CN(S(N)(=O)=O)c2ccccc2O1. The Labute approximate surface area is 117 Å². The minimum absolute atomic E-state index is 0.134. The van der Waals surface area contributed by atoms with Crippen LogP contribution in [0.3, 0.4) is 0 Å². The zero-order valence-corrected chi connectivity index (χ0v) is 11.9. The van der Waals surface area contributed by atoms with Gasteiger partial charge in [-0.15, -0.1) is 0 Å². The third-order valence-electron chi connectivity index (χ3n) is 2.88. The largest absolute Gasteiger partial charge is 0.476 e. The number of nitrogens with one attached hydrogen (secondary N) is 1. The lowest BCUT2D eigenvalue weighted by molar-refractivity contribution is -0.127. The van der Waals surface area contributed by atoms with Gasteiger partial charge in [-0.05, 0) is 18.6 Å². The molecule has 0 bridgehead atoms. The van der Waals surface area contributed by atoms with Crippen LogP contribution in [-0.4, -0.2) is 33.5 Å². The van der Waals surface area contributed by atoms with Crippen molar-refractivity contribution in [3.05, 3.63) is 24.3 Å². The summed E-state index contributed by atoms with van der Waals surface area (Å²) in [6, 6.07) is 6.57. The fourth-order valence-electron chi connectivity index (χ4n) is 1.94. The first-order valence-electron chi connectivity index (χ1n) is 6.27. The smallest absolute Gasteiger partial charge is 0.299 e. The number of hydrogen-bond acceptors (Lipinski definition) is 4. The van der Waals surface area contributed by atoms with E-state index in [2.05, 4.69) is 5.32 Å². The van der Waals surface area contributed by atoms with Crippen molar-refractivity contribution in [1.29, 1.82) is 0 Å². The van der Waals surface area contributed by atoms with E-state index in [1.165, 1.54) is 0 Å². The summed E-state index contributed by atoms with van der Waals surface area (Å²) in [4.78, 5) is 11.9. The number of hydrogen-bond donors (Lipinski definition) is 2. The van der Waals surface area contributed by atoms with Gasteiger partial charge >= 0.3 is 0 Å². The molecule has 8 heteroatoms. The molecule has 1 aliphatic heterocycles. The zero-order valence-electron chi connectivity index (χ0n) is 11.1. The molecule has 1 aromatic carbocycles. The van der Waals surface area contributed by atoms with E-state index >= 15 is 0 Å². The van der Waals surface area contributed by atoms with Crippen LogP contribution in [0.5, 0.6) is 5.75 Å². The number of para-hydroxylation sites is 2. The van der Waals surface area contributed by atoms with Crippen LogP contribution in [0.2, 0.25) is 0 Å². The third kappa shape index (κ3) is 3.02. The standard InChI is InChI=1S/C12H17N3O4S/c1-2-7-14-12(16)11-8-15(20(13,17)18)9-5-3-4-6-10(9)19-11/h3-6,11H,2,7-8H2,1H3,(H,14,16)(H2,13,17,18)/t11-/m0/s1. The van der Waals surface area contributed by atoms with Gasteiger partial charge in [0.25, 0.3) is 16.1 Å². The second kappa shape index (κ2) is 5.68. The van der Waals surface area contributed by atoms with Gasteiger partial charge in [0.1, 0.15) is 5.75 Å². The van der Waals surface area contributed by atoms with Crippen LogP contribution in [0.1, 0.15) is 13.3 Å². The average Bonchev–Trinajstić information content (AvgIpc) is 2.42. The van der Waals surface area contributed by atoms with Gasteiger partial charge in [0.15, 0.2) is 6.10 Å². The fraction of sp³-hybridized carbons (Fsp3) is 0.417. The summed E-state index contributed by atoms with van der Waals surface area (Å²) in [5, 5.41) is 7.88. The molecule has 3 N–H and O–H groups in total. The molecule has 0 spiro atoms. The lowest BCUT2D eigenvalue weighted by Gasteiger charge is -2.33. The van der Waals surface area contributed by atoms with Gasteiger partial charge in [0.05, 0.1) is 12.2 Å². The van der Waals surface area contributed by atoms with Crippen molar-refractivity contribution < 1.29 is 17.9 Å². The molecule has 0 saturated heterocycles. The maximum absolute atomic E-state index is 11.9. The number of carbonyl (C=O) groups is 1. The van der Waals surface area contributed by atoms with Crippen molar-refractivity contribution in [3.8, 4) is 5.75 Å². The number of anilines is 1. The number of ether oxygens (including phenoxy) is 1. The highest BCUT2D eigenvalue weighted by molar-refractivity contribution is 7.90. The number of rotatable bonds is 4. The van der Waals surface area contributed by atoms with Gasteiger partial charge in [-0.1, -0.05) is 19.1 Å². The molecule has 2 rings (SSSR count). The highest BCUT2D eigenvalue weighted by atomic mass is 32.2. The normalized spacial score (nSPS) is 18.1. The Morgan fingerprint density at radius 1 is 1.50 bits per heavy atom. The van der Waals surface area contributed by atoms with Crippen molar-refractivity contribution in [2.45, 2.75) is 19.4 Å². The van der Waals surface area contributed by atoms with Crippen molar-refractivity contribution in [2.24, 2.45) is 5.14 Å². The summed E-state index contributed by atoms with van der Waals surface area (Å²) in [5.41, 5.74) is 0.342. The molecule has 1 amide bonds. The third-order valence-corrected chi connectivity index (χ3v) is 3.84. The zero-order chi connectivity index (χ0) is 14.8. The summed E-state index contributed by atoms with van der Waals surface area (Å²) in [5.74, 6) is -0.0283. The average molecular weight is 299 g/mol. The first-order valence-corrected chi connectivity index (χ1v) is 7.77. The van der Waals surface area contributed by atoms with Crippen molar-refractivity contribution in [2.75, 3.05) is 17.4 Å². The van der Waals surface area contributed by atoms with E-state index in [9.17, 15) is 13.2 Å². The minimum Gasteiger partial charge on any atom is -0.476 e. The summed E-state index contributed by atoms with van der Waals surface area (Å²) >= 11 is 0. The monoisotopic (exact) mass is 299 g/mol. The second-order valence-corrected chi connectivity index (χ2v) is 5.91. The molecule has 110 valence electrons. The van der Waals surface area contributed by atoms with Crippen LogP contribution in [-0.2, 0) is 15.0 Å². The van der Waals surface area contributed by atoms with Gasteiger partial charge < -0.3 is 10.1 Å². The van der Waals surface area contributed by atoms with Gasteiger partial charge in [-0.25, -0.2) is 9.44 Å². The van der Waals surface area contributed by atoms with Crippen LogP contribution >= 0.6 is 0 Å². The number of nitrogens with two attached hydrogens (primary N) is 1. The Kier molecular flexibility index (Phi) is 4.15. The quantitative estimate of drug-likeness (QED) is 0.816. The first kappa shape index (κ1) is 14.6. The van der Waals surface area contributed by atoms with Crippen molar-refractivity contribution in [3.63, 3.8) is 0 Å². The van der Waals surface area contributed by atoms with E-state index in [1.54, 1.807) is 24.3 Å². The molecule has 0 radical (unpaired) electrons. The molecule has 20 heavy (non-hydrogen) atoms. The Morgan fingerprint density at radius 2 is 2.20 bits per heavy atom. The fourth-order valence-corrected chi connectivity index (χ4v) is 2.71. The van der Waals surface area contributed by atoms with Gasteiger partial charge in [-0.3, -0.25) is 4.79 Å². The molecular weight excluding hydrogens is 282 g/mol. The van der Waals surface area contributed by atoms with E-state index in [4.69, 9.17) is 9.88 Å². The minimum atomic E-state index is -3.95. The van der Waals surface area contributed by atoms with Crippen LogP contribution in [0.25, 0.3) is 0 Å². The van der Waals surface area contributed by atoms with E-state index in [0.717, 1.165) is 10.7 Å². The molecule has 1 heterocycles. The summed E-state index contributed by atoms with van der Waals surface area (Å²) in [6.07, 6.45) is -0.122. The van der Waals surface area contributed by atoms with E-state index in [-0.39, 0.29) is 12.5 Å². The lowest BCUT2D eigenvalue weighted by atomic mass is 10.2. The van der Waals surface area contributed by atoms with E-state index < -0.39 is 16.3 Å². The first-order chi connectivity index (χ1) is 9.43. The Bertz CT molecular complexity index is 602. The Hall–Kier alpha value is -1.80. The predicted molar refractivity (Wildman–Crippen MR) is 74.6 cm³/mol. The number of nitrogens with zero attached hydrogens (tertiary/aromatic N) is 1. The van der Waals surface area contributed by atoms with Crippen LogP contribution in [0, 0.1) is 0 Å². The predicted octanol–water partition coefficient (Wildman–Crippen LogP) is -0.0163. The van der Waals surface area contributed by atoms with Crippen LogP contribution < -0.4 is 19.5 Å². The summed E-state index contributed by atoms with van der Waals surface area (Å²) in [7, 11) is -3.95. The van der Waals surface area contributed by atoms with Crippen molar-refractivity contribution >= 4 is 21.8 Å². The second-order valence-electron chi connectivity index (χ2n) is 4.44. The Balaban J connectivity index is 2.29. The number of fused-ring (bicyclic) bond motifs is 1. The molecule has 0 saturated carbocycles. The van der Waals surface area contributed by atoms with Gasteiger partial charge in [0.2, 0.25) is 0 Å². The van der Waals surface area contributed by atoms with Gasteiger partial charge in [-0.2, -0.15) is 8.42 Å². The molecule has 7 nitrogen and oxygen atoms in total. The van der Waals surface area contributed by atoms with Crippen LogP contribution in [0.4, 0.5) is 5.69 Å². The van der Waals surface area contributed by atoms with Crippen molar-refractivity contribution in [1.82, 2.24) is 5.32 Å². The highest BCUT2D eigenvalue weighted by Gasteiger charge is 2.34. The topological polar surface area (TPSA) is 102 Å². The lowest BCUT2D eigenvalue weighted by Crippen LogP contribution is -2.52. The van der Waals surface area contributed by atoms with Crippen LogP contribution in [0.15, 0.2) is 24.3 Å². The van der Waals surface area contributed by atoms with E-state index in [1.807, 2.05) is 6.92 Å². The molecule has 1 aliphatic rings. The molecule has 1 aromatic rings. The number of benzene rings is 1. The molecule has 0 fully saturated rings. The maximum atomic E-state index is 11.9. The maximum Gasteiger partial charge on any atom is 0.299 e. The molecule has 0 aliphatic carbocycles. The van der Waals surface area contributed by atoms with E-state index in [0.29, 0.717) is 18.0 Å². The molecular formula is C12H17N3O4S. The molecule has 1 atom stereocenters. The summed E-state index contributed by atoms with van der Waals surface area (Å²) in [6.45, 7) is 2.30. The molecule has 0 aromatic heterocycles. The highest BCUT2D eigenvalue weighted by Crippen LogP contribution is 2.34. The summed E-state index contributed by atoms with van der Waals surface area (Å²) < 4.78 is 29.8. The number of amides is 1. The number of carbonyl (C=O) groups excluding carboxylic acids is 1. The van der Waals surface area contributed by atoms with Gasteiger partial charge in [0, 0.05) is 6.54 Å².